The highest BCUT2D eigenvalue weighted by molar-refractivity contribution is 6.43. The maximum absolute atomic E-state index is 12.7. The van der Waals surface area contributed by atoms with Crippen molar-refractivity contribution in [3.8, 4) is 0 Å². The summed E-state index contributed by atoms with van der Waals surface area (Å²) in [6.07, 6.45) is 0. The van der Waals surface area contributed by atoms with Gasteiger partial charge in [0.15, 0.2) is 0 Å². The summed E-state index contributed by atoms with van der Waals surface area (Å²) in [5, 5.41) is 8.62. The molecule has 0 fully saturated rings. The Morgan fingerprint density at radius 3 is 0.571 bits per heavy atom. The molecule has 0 saturated carbocycles. The predicted molar refractivity (Wildman–Crippen MR) is 414 cm³/mol. The molecule has 0 unspecified atom stereocenters. The number of hydrogen-bond donors (Lipinski definition) is 0. The molecule has 0 aliphatic carbocycles. The number of carbonyl (C=O) groups excluding carboxylic acids is 4. The van der Waals surface area contributed by atoms with E-state index in [4.69, 9.17) is 20.0 Å². The van der Waals surface area contributed by atoms with Crippen LogP contribution >= 0.6 is 0 Å². The smallest absolute Gasteiger partial charge is 0.264 e. The normalized spacial score (nSPS) is 13.3. The maximum atomic E-state index is 12.7. The molecule has 4 amide bonds. The molecule has 8 aliphatic heterocycles. The second-order valence-corrected chi connectivity index (χ2v) is 22.3. The Morgan fingerprint density at radius 1 is 0.224 bits per heavy atom. The summed E-state index contributed by atoms with van der Waals surface area (Å²) in [5.41, 5.74) is 14.0. The van der Waals surface area contributed by atoms with E-state index in [9.17, 15) is 19.2 Å². The standard InChI is InChI=1S/4C18H10N2O.2C2H6B.4C2H6/c4*21-18-13-8-2-1-7-12(13)17-19-14-9-3-5-11-6-4-10-15(16(11)14)20(17)18;2*1-3-2;4*1-2/h4*1-10H;2*1-2H3;4*1-2H3. The monoisotopic (exact) mass is 1280 g/mol. The fourth-order valence-corrected chi connectivity index (χ4v) is 12.9. The Balaban J connectivity index is 0.000000124. The van der Waals surface area contributed by atoms with Crippen LogP contribution in [-0.4, -0.2) is 61.5 Å². The van der Waals surface area contributed by atoms with Gasteiger partial charge in [0.25, 0.3) is 23.6 Å². The average Bonchev–Trinajstić information content (AvgIpc) is 1.57. The number of fused-ring (bicyclic) bond motifs is 16. The number of carbonyl (C=O) groups is 4. The van der Waals surface area contributed by atoms with Crippen LogP contribution < -0.4 is 19.6 Å². The molecule has 0 atom stereocenters. The van der Waals surface area contributed by atoms with Crippen molar-refractivity contribution in [1.29, 1.82) is 0 Å². The predicted octanol–water partition coefficient (Wildman–Crippen LogP) is 21.2. The summed E-state index contributed by atoms with van der Waals surface area (Å²) in [5.74, 6) is 2.97. The second-order valence-electron chi connectivity index (χ2n) is 22.3. The Bertz CT molecular complexity index is 4560. The van der Waals surface area contributed by atoms with Crippen molar-refractivity contribution in [3.63, 3.8) is 0 Å². The largest absolute Gasteiger partial charge is 0.268 e. The van der Waals surface area contributed by atoms with E-state index >= 15 is 0 Å². The minimum absolute atomic E-state index is 0.00588. The molecule has 0 aromatic heterocycles. The highest BCUT2D eigenvalue weighted by Crippen LogP contribution is 2.47. The van der Waals surface area contributed by atoms with E-state index in [2.05, 4.69) is 48.5 Å². The number of nitrogens with zero attached hydrogens (tertiary/aromatic N) is 8. The zero-order valence-electron chi connectivity index (χ0n) is 57.5. The molecule has 12 nitrogen and oxygen atoms in total. The fourth-order valence-electron chi connectivity index (χ4n) is 12.9. The molecule has 0 bridgehead atoms. The van der Waals surface area contributed by atoms with Gasteiger partial charge in [-0.1, -0.05) is 253 Å². The third kappa shape index (κ3) is 11.6. The van der Waals surface area contributed by atoms with Gasteiger partial charge in [0.2, 0.25) is 0 Å². The third-order valence-corrected chi connectivity index (χ3v) is 16.6. The maximum Gasteiger partial charge on any atom is 0.264 e. The van der Waals surface area contributed by atoms with Gasteiger partial charge >= 0.3 is 0 Å². The van der Waals surface area contributed by atoms with E-state index in [0.29, 0.717) is 0 Å². The molecule has 8 aliphatic rings. The Labute approximate surface area is 575 Å². The summed E-state index contributed by atoms with van der Waals surface area (Å²) in [7, 11) is 4.00. The lowest BCUT2D eigenvalue weighted by Crippen LogP contribution is -2.31. The minimum atomic E-state index is 0.00588. The zero-order chi connectivity index (χ0) is 69.3. The highest BCUT2D eigenvalue weighted by Gasteiger charge is 2.42. The summed E-state index contributed by atoms with van der Waals surface area (Å²) in [6, 6.07) is 79.0. The minimum Gasteiger partial charge on any atom is -0.268 e. The summed E-state index contributed by atoms with van der Waals surface area (Å²) >= 11 is 0. The topological polar surface area (TPSA) is 131 Å². The van der Waals surface area contributed by atoms with Crippen molar-refractivity contribution < 1.29 is 19.2 Å². The van der Waals surface area contributed by atoms with Crippen LogP contribution in [0.2, 0.25) is 27.3 Å². The molecule has 12 aromatic rings. The van der Waals surface area contributed by atoms with Gasteiger partial charge in [0, 0.05) is 43.8 Å². The van der Waals surface area contributed by atoms with E-state index < -0.39 is 0 Å². The molecular formula is C84H76B2N8O4. The van der Waals surface area contributed by atoms with E-state index in [1.54, 1.807) is 19.6 Å². The van der Waals surface area contributed by atoms with Gasteiger partial charge in [-0.3, -0.25) is 38.8 Å². The lowest BCUT2D eigenvalue weighted by atomic mass is 9.88. The van der Waals surface area contributed by atoms with Crippen LogP contribution in [0.15, 0.2) is 263 Å². The van der Waals surface area contributed by atoms with Crippen molar-refractivity contribution in [2.75, 3.05) is 19.6 Å². The van der Waals surface area contributed by atoms with Crippen molar-refractivity contribution >= 4 is 150 Å². The third-order valence-electron chi connectivity index (χ3n) is 16.6. The zero-order valence-corrected chi connectivity index (χ0v) is 57.5. The first-order chi connectivity index (χ1) is 48.2. The molecule has 0 saturated heterocycles. The van der Waals surface area contributed by atoms with Gasteiger partial charge in [-0.2, -0.15) is 0 Å². The first-order valence-electron chi connectivity index (χ1n) is 33.9. The van der Waals surface area contributed by atoms with Crippen molar-refractivity contribution in [1.82, 2.24) is 0 Å². The van der Waals surface area contributed by atoms with Gasteiger partial charge < -0.3 is 0 Å². The Morgan fingerprint density at radius 2 is 0.388 bits per heavy atom. The van der Waals surface area contributed by atoms with Crippen LogP contribution in [0.3, 0.4) is 0 Å². The number of amidine groups is 4. The second kappa shape index (κ2) is 30.0. The average molecular weight is 1280 g/mol. The van der Waals surface area contributed by atoms with Crippen LogP contribution in [0.5, 0.6) is 0 Å². The number of anilines is 4. The molecule has 0 spiro atoms. The number of aliphatic imine (C=N–C) groups is 4. The van der Waals surface area contributed by atoms with E-state index in [-0.39, 0.29) is 23.6 Å². The summed E-state index contributed by atoms with van der Waals surface area (Å²) in [6.45, 7) is 24.0. The quantitative estimate of drug-likeness (QED) is 0.140. The molecular weight excluding hydrogens is 1210 g/mol. The molecule has 8 heterocycles. The van der Waals surface area contributed by atoms with Gasteiger partial charge in [0.05, 0.1) is 67.8 Å². The molecule has 12 aromatic carbocycles. The van der Waals surface area contributed by atoms with E-state index in [1.807, 2.05) is 291 Å². The molecule has 98 heavy (non-hydrogen) atoms. The SMILES string of the molecule is CC.CC.CC.CC.C[B]C.C[B]C.O=C1c2ccccc2C2=Nc3cccc4cccc(c34)N12.O=C1c2ccccc2C2=Nc3cccc4cccc(c34)N12.O=C1c2ccccc2C2=Nc3cccc4cccc(c34)N12.O=C1c2ccccc2C2=Nc3cccc4cccc(c34)N12. The summed E-state index contributed by atoms with van der Waals surface area (Å²) < 4.78 is 0. The molecule has 0 N–H and O–H groups in total. The number of rotatable bonds is 0. The van der Waals surface area contributed by atoms with Crippen molar-refractivity contribution in [2.24, 2.45) is 20.0 Å². The first kappa shape index (κ1) is 67.8. The number of benzene rings is 12. The van der Waals surface area contributed by atoms with Gasteiger partial charge in [-0.05, 0) is 94.3 Å². The number of hydrogen-bond acceptors (Lipinski definition) is 8. The van der Waals surface area contributed by atoms with Gasteiger partial charge in [0.1, 0.15) is 37.9 Å². The fraction of sp³-hybridized carbons (Fsp3) is 0.143. The lowest BCUT2D eigenvalue weighted by Gasteiger charge is -2.24. The molecule has 20 rings (SSSR count). The van der Waals surface area contributed by atoms with Crippen LogP contribution in [0.1, 0.15) is 119 Å². The van der Waals surface area contributed by atoms with Gasteiger partial charge in [-0.25, -0.2) is 20.0 Å². The van der Waals surface area contributed by atoms with Crippen LogP contribution in [0.25, 0.3) is 43.1 Å². The Kier molecular flexibility index (Phi) is 20.7. The Hall–Kier alpha value is -11.6. The van der Waals surface area contributed by atoms with Gasteiger partial charge in [-0.15, -0.1) is 0 Å². The van der Waals surface area contributed by atoms with Crippen LogP contribution in [0.4, 0.5) is 45.5 Å². The first-order valence-corrected chi connectivity index (χ1v) is 33.9. The van der Waals surface area contributed by atoms with Crippen LogP contribution in [-0.2, 0) is 0 Å². The molecule has 14 heteroatoms. The van der Waals surface area contributed by atoms with E-state index in [1.165, 1.54) is 0 Å². The lowest BCUT2D eigenvalue weighted by molar-refractivity contribution is 0.0999. The van der Waals surface area contributed by atoms with E-state index in [0.717, 1.165) is 156 Å². The molecule has 482 valence electrons. The highest BCUT2D eigenvalue weighted by atomic mass is 16.2. The number of amides is 4. The molecule has 2 radical (unpaired) electrons. The van der Waals surface area contributed by atoms with Crippen molar-refractivity contribution in [2.45, 2.75) is 82.7 Å². The van der Waals surface area contributed by atoms with Crippen molar-refractivity contribution in [3.05, 3.63) is 287 Å². The van der Waals surface area contributed by atoms with Crippen LogP contribution in [0, 0.1) is 0 Å². The summed E-state index contributed by atoms with van der Waals surface area (Å²) in [4.78, 5) is 76.8.